The lowest BCUT2D eigenvalue weighted by Crippen LogP contribution is -2.50. The van der Waals surface area contributed by atoms with Crippen LogP contribution in [0.4, 0.5) is 10.5 Å². The highest BCUT2D eigenvalue weighted by atomic mass is 16.6. The van der Waals surface area contributed by atoms with E-state index in [0.29, 0.717) is 51.3 Å². The van der Waals surface area contributed by atoms with Crippen molar-refractivity contribution in [3.8, 4) is 0 Å². The Labute approximate surface area is 147 Å². The third-order valence-electron chi connectivity index (χ3n) is 4.10. The fourth-order valence-electron chi connectivity index (χ4n) is 2.67. The smallest absolute Gasteiger partial charge is 0.409 e. The quantitative estimate of drug-likeness (QED) is 0.796. The Bertz CT molecular complexity index is 625. The summed E-state index contributed by atoms with van der Waals surface area (Å²) >= 11 is 0. The second-order valence-corrected chi connectivity index (χ2v) is 5.88. The summed E-state index contributed by atoms with van der Waals surface area (Å²) in [5.41, 5.74) is 1.47. The van der Waals surface area contributed by atoms with Gasteiger partial charge in [-0.05, 0) is 26.0 Å². The maximum atomic E-state index is 12.3. The van der Waals surface area contributed by atoms with E-state index in [1.54, 1.807) is 28.9 Å². The van der Waals surface area contributed by atoms with Crippen LogP contribution in [0.25, 0.3) is 0 Å². The predicted molar refractivity (Wildman–Crippen MR) is 94.7 cm³/mol. The largest absolute Gasteiger partial charge is 0.450 e. The average Bonchev–Trinajstić information content (AvgIpc) is 2.62. The van der Waals surface area contributed by atoms with Gasteiger partial charge < -0.3 is 19.9 Å². The average molecular weight is 347 g/mol. The molecule has 1 aliphatic rings. The number of carbonyl (C=O) groups excluding carboxylic acids is 3. The number of ether oxygens (including phenoxy) is 1. The van der Waals surface area contributed by atoms with Gasteiger partial charge in [0.1, 0.15) is 0 Å². The summed E-state index contributed by atoms with van der Waals surface area (Å²) < 4.78 is 4.97. The molecule has 1 aromatic carbocycles. The molecule has 1 N–H and O–H groups in total. The lowest BCUT2D eigenvalue weighted by Gasteiger charge is -2.34. The van der Waals surface area contributed by atoms with Gasteiger partial charge in [0.15, 0.2) is 5.78 Å². The molecule has 7 nitrogen and oxygen atoms in total. The Morgan fingerprint density at radius 3 is 2.44 bits per heavy atom. The van der Waals surface area contributed by atoms with Crippen molar-refractivity contribution in [1.82, 2.24) is 9.80 Å². The number of anilines is 1. The van der Waals surface area contributed by atoms with E-state index in [1.165, 1.54) is 6.92 Å². The number of amides is 2. The molecule has 0 radical (unpaired) electrons. The van der Waals surface area contributed by atoms with E-state index < -0.39 is 0 Å². The highest BCUT2D eigenvalue weighted by molar-refractivity contribution is 5.94. The van der Waals surface area contributed by atoms with Gasteiger partial charge in [0.25, 0.3) is 0 Å². The Balaban J connectivity index is 1.73. The Morgan fingerprint density at radius 1 is 1.12 bits per heavy atom. The molecule has 0 spiro atoms. The summed E-state index contributed by atoms with van der Waals surface area (Å²) in [7, 11) is 0. The van der Waals surface area contributed by atoms with Crippen LogP contribution in [-0.4, -0.2) is 66.9 Å². The normalized spacial score (nSPS) is 14.2. The van der Waals surface area contributed by atoms with Gasteiger partial charge in [-0.3, -0.25) is 9.59 Å². The lowest BCUT2D eigenvalue weighted by molar-refractivity contribution is -0.132. The number of hydrogen-bond donors (Lipinski definition) is 1. The van der Waals surface area contributed by atoms with Crippen molar-refractivity contribution in [3.63, 3.8) is 0 Å². The Hall–Kier alpha value is -2.57. The minimum absolute atomic E-state index is 0.0131. The molecule has 0 atom stereocenters. The molecular weight excluding hydrogens is 322 g/mol. The van der Waals surface area contributed by atoms with E-state index in [-0.39, 0.29) is 17.8 Å². The van der Waals surface area contributed by atoms with Crippen molar-refractivity contribution < 1.29 is 19.1 Å². The predicted octanol–water partition coefficient (Wildman–Crippen LogP) is 1.99. The molecule has 1 aliphatic heterocycles. The Kier molecular flexibility index (Phi) is 6.80. The van der Waals surface area contributed by atoms with Gasteiger partial charge in [-0.1, -0.05) is 12.1 Å². The van der Waals surface area contributed by atoms with Crippen molar-refractivity contribution in [1.29, 1.82) is 0 Å². The Morgan fingerprint density at radius 2 is 1.80 bits per heavy atom. The molecule has 7 heteroatoms. The van der Waals surface area contributed by atoms with Crippen molar-refractivity contribution >= 4 is 23.5 Å². The lowest BCUT2D eigenvalue weighted by atomic mass is 10.1. The number of Topliss-reactive ketones (excluding diaryl/α,β-unsaturated/α-hetero) is 1. The molecule has 2 amide bonds. The molecule has 0 unspecified atom stereocenters. The number of hydrogen-bond acceptors (Lipinski definition) is 5. The molecule has 0 saturated carbocycles. The minimum Gasteiger partial charge on any atom is -0.450 e. The van der Waals surface area contributed by atoms with E-state index in [2.05, 4.69) is 5.32 Å². The van der Waals surface area contributed by atoms with E-state index in [0.717, 1.165) is 5.69 Å². The molecule has 136 valence electrons. The number of piperazine rings is 1. The van der Waals surface area contributed by atoms with Crippen LogP contribution in [-0.2, 0) is 9.53 Å². The molecule has 0 bridgehead atoms. The van der Waals surface area contributed by atoms with Crippen molar-refractivity contribution in [2.24, 2.45) is 0 Å². The number of benzene rings is 1. The number of nitrogens with one attached hydrogen (secondary N) is 1. The van der Waals surface area contributed by atoms with Gasteiger partial charge in [-0.15, -0.1) is 0 Å². The van der Waals surface area contributed by atoms with Crippen LogP contribution in [0.3, 0.4) is 0 Å². The number of rotatable bonds is 6. The zero-order valence-electron chi connectivity index (χ0n) is 14.8. The maximum absolute atomic E-state index is 12.3. The highest BCUT2D eigenvalue weighted by Gasteiger charge is 2.24. The molecule has 1 heterocycles. The number of ketones is 1. The molecule has 25 heavy (non-hydrogen) atoms. The summed E-state index contributed by atoms with van der Waals surface area (Å²) in [6.45, 7) is 6.20. The molecule has 1 aromatic rings. The SMILES string of the molecule is CCOC(=O)N1CCN(C(=O)CCNc2cccc(C(C)=O)c2)CC1. The minimum atomic E-state index is -0.318. The van der Waals surface area contributed by atoms with E-state index in [9.17, 15) is 14.4 Å². The fourth-order valence-corrected chi connectivity index (χ4v) is 2.67. The van der Waals surface area contributed by atoms with Gasteiger partial charge >= 0.3 is 6.09 Å². The van der Waals surface area contributed by atoms with Crippen LogP contribution in [0.15, 0.2) is 24.3 Å². The number of carbonyl (C=O) groups is 3. The van der Waals surface area contributed by atoms with Crippen molar-refractivity contribution in [2.45, 2.75) is 20.3 Å². The highest BCUT2D eigenvalue weighted by Crippen LogP contribution is 2.12. The topological polar surface area (TPSA) is 79.0 Å². The van der Waals surface area contributed by atoms with Gasteiger partial charge in [-0.25, -0.2) is 4.79 Å². The van der Waals surface area contributed by atoms with Gasteiger partial charge in [-0.2, -0.15) is 0 Å². The van der Waals surface area contributed by atoms with Crippen LogP contribution in [0, 0.1) is 0 Å². The van der Waals surface area contributed by atoms with Crippen molar-refractivity contribution in [3.05, 3.63) is 29.8 Å². The van der Waals surface area contributed by atoms with Crippen molar-refractivity contribution in [2.75, 3.05) is 44.6 Å². The molecule has 0 aliphatic carbocycles. The van der Waals surface area contributed by atoms with Crippen LogP contribution >= 0.6 is 0 Å². The first-order valence-electron chi connectivity index (χ1n) is 8.55. The van der Waals surface area contributed by atoms with Gasteiger partial charge in [0.05, 0.1) is 6.61 Å². The second-order valence-electron chi connectivity index (χ2n) is 5.88. The molecule has 1 saturated heterocycles. The maximum Gasteiger partial charge on any atom is 0.409 e. The van der Waals surface area contributed by atoms with Crippen LogP contribution < -0.4 is 5.32 Å². The molecule has 2 rings (SSSR count). The summed E-state index contributed by atoms with van der Waals surface area (Å²) in [4.78, 5) is 38.7. The molecule has 1 fully saturated rings. The zero-order chi connectivity index (χ0) is 18.2. The van der Waals surface area contributed by atoms with Gasteiger partial charge in [0.2, 0.25) is 5.91 Å². The number of nitrogens with zero attached hydrogens (tertiary/aromatic N) is 2. The van der Waals surface area contributed by atoms with Crippen LogP contribution in [0.2, 0.25) is 0 Å². The summed E-state index contributed by atoms with van der Waals surface area (Å²) in [6.07, 6.45) is 0.0468. The summed E-state index contributed by atoms with van der Waals surface area (Å²) in [5, 5.41) is 3.17. The standard InChI is InChI=1S/C18H25N3O4/c1-3-25-18(24)21-11-9-20(10-12-21)17(23)7-8-19-16-6-4-5-15(13-16)14(2)22/h4-6,13,19H,3,7-12H2,1-2H3. The molecular formula is C18H25N3O4. The van der Waals surface area contributed by atoms with E-state index >= 15 is 0 Å². The van der Waals surface area contributed by atoms with E-state index in [4.69, 9.17) is 4.74 Å². The first kappa shape index (κ1) is 18.8. The first-order chi connectivity index (χ1) is 12.0. The third-order valence-corrected chi connectivity index (χ3v) is 4.10. The second kappa shape index (κ2) is 9.05. The molecule has 0 aromatic heterocycles. The van der Waals surface area contributed by atoms with Gasteiger partial charge in [0, 0.05) is 50.4 Å². The monoisotopic (exact) mass is 347 g/mol. The summed E-state index contributed by atoms with van der Waals surface area (Å²) in [5.74, 6) is 0.0675. The first-order valence-corrected chi connectivity index (χ1v) is 8.55. The summed E-state index contributed by atoms with van der Waals surface area (Å²) in [6, 6.07) is 7.23. The fraction of sp³-hybridized carbons (Fsp3) is 0.500. The third kappa shape index (κ3) is 5.48. The van der Waals surface area contributed by atoms with Crippen LogP contribution in [0.1, 0.15) is 30.6 Å². The van der Waals surface area contributed by atoms with E-state index in [1.807, 2.05) is 12.1 Å². The zero-order valence-corrected chi connectivity index (χ0v) is 14.8. The van der Waals surface area contributed by atoms with Crippen LogP contribution in [0.5, 0.6) is 0 Å².